The highest BCUT2D eigenvalue weighted by atomic mass is 32.2. The highest BCUT2D eigenvalue weighted by Gasteiger charge is 2.44. The highest BCUT2D eigenvalue weighted by molar-refractivity contribution is 7.89. The fraction of sp³-hybridized carbons (Fsp3) is 0.727. The third kappa shape index (κ3) is 5.65. The zero-order valence-corrected chi connectivity index (χ0v) is 20.2. The molecule has 8 nitrogen and oxygen atoms in total. The first kappa shape index (κ1) is 26.2. The second-order valence-electron chi connectivity index (χ2n) is 9.09. The standard InChI is InChI=1S/C22H37NO7S/c1-11(2)14-8-15(12(3)4)21(16(9-14)13(5)6)31(27,28)23-10-17-18(24)19(25)20(26)22(29-7)30-17/h8-9,11-13,17-20,22-26H,10H2,1-7H3/t17-,18?,19-,20+,22?/m1/s1. The molecule has 0 spiro atoms. The van der Waals surface area contributed by atoms with Gasteiger partial charge in [-0.25, -0.2) is 13.1 Å². The van der Waals surface area contributed by atoms with Crippen LogP contribution in [-0.2, 0) is 19.5 Å². The van der Waals surface area contributed by atoms with Gasteiger partial charge in [0.1, 0.15) is 24.4 Å². The van der Waals surface area contributed by atoms with E-state index in [9.17, 15) is 23.7 Å². The Balaban J connectivity index is 2.41. The van der Waals surface area contributed by atoms with E-state index in [1.165, 1.54) is 7.11 Å². The van der Waals surface area contributed by atoms with E-state index in [2.05, 4.69) is 18.6 Å². The van der Waals surface area contributed by atoms with Crippen molar-refractivity contribution < 1.29 is 33.2 Å². The van der Waals surface area contributed by atoms with Gasteiger partial charge in [0.15, 0.2) is 6.29 Å². The van der Waals surface area contributed by atoms with E-state index >= 15 is 0 Å². The summed E-state index contributed by atoms with van der Waals surface area (Å²) in [7, 11) is -2.67. The van der Waals surface area contributed by atoms with E-state index in [-0.39, 0.29) is 29.2 Å². The fourth-order valence-corrected chi connectivity index (χ4v) is 5.48. The zero-order valence-electron chi connectivity index (χ0n) is 19.4. The number of sulfonamides is 1. The summed E-state index contributed by atoms with van der Waals surface area (Å²) < 4.78 is 39.8. The molecule has 1 aliphatic rings. The second kappa shape index (κ2) is 10.2. The van der Waals surface area contributed by atoms with E-state index in [0.717, 1.165) is 16.7 Å². The topological polar surface area (TPSA) is 125 Å². The molecular formula is C22H37NO7S. The van der Waals surface area contributed by atoms with Gasteiger partial charge in [-0.2, -0.15) is 0 Å². The van der Waals surface area contributed by atoms with Crippen molar-refractivity contribution in [3.05, 3.63) is 28.8 Å². The summed E-state index contributed by atoms with van der Waals surface area (Å²) in [6, 6.07) is 3.89. The van der Waals surface area contributed by atoms with Crippen LogP contribution >= 0.6 is 0 Å². The maximum absolute atomic E-state index is 13.4. The number of hydrogen-bond acceptors (Lipinski definition) is 7. The lowest BCUT2D eigenvalue weighted by Crippen LogP contribution is -2.60. The summed E-state index contributed by atoms with van der Waals surface area (Å²) in [5.74, 6) is 0.215. The Hall–Kier alpha value is -1.07. The van der Waals surface area contributed by atoms with E-state index in [4.69, 9.17) is 9.47 Å². The minimum atomic E-state index is -3.96. The summed E-state index contributed by atoms with van der Waals surface area (Å²) in [6.45, 7) is 11.7. The molecule has 5 atom stereocenters. The lowest BCUT2D eigenvalue weighted by Gasteiger charge is -2.39. The van der Waals surface area contributed by atoms with Gasteiger partial charge in [0.25, 0.3) is 0 Å². The molecule has 0 amide bonds. The number of hydrogen-bond donors (Lipinski definition) is 4. The number of ether oxygens (including phenoxy) is 2. The van der Waals surface area contributed by atoms with Crippen LogP contribution in [0.5, 0.6) is 0 Å². The third-order valence-electron chi connectivity index (χ3n) is 5.72. The Bertz CT molecular complexity index is 822. The molecule has 31 heavy (non-hydrogen) atoms. The van der Waals surface area contributed by atoms with Crippen molar-refractivity contribution in [2.75, 3.05) is 13.7 Å². The first-order valence-corrected chi connectivity index (χ1v) is 12.2. The Morgan fingerprint density at radius 3 is 1.87 bits per heavy atom. The molecule has 1 aromatic carbocycles. The molecular weight excluding hydrogens is 422 g/mol. The van der Waals surface area contributed by atoms with Crippen molar-refractivity contribution in [2.24, 2.45) is 0 Å². The molecule has 1 aliphatic heterocycles. The molecule has 1 heterocycles. The molecule has 2 rings (SSSR count). The van der Waals surface area contributed by atoms with Gasteiger partial charge in [0.05, 0.1) is 4.90 Å². The van der Waals surface area contributed by atoms with Crippen molar-refractivity contribution in [3.8, 4) is 0 Å². The summed E-state index contributed by atoms with van der Waals surface area (Å²) in [5.41, 5.74) is 2.55. The Labute approximate surface area is 185 Å². The summed E-state index contributed by atoms with van der Waals surface area (Å²) in [4.78, 5) is 0.246. The predicted octanol–water partition coefficient (Wildman–Crippen LogP) is 1.79. The normalized spacial score (nSPS) is 27.5. The molecule has 1 saturated heterocycles. The van der Waals surface area contributed by atoms with Gasteiger partial charge in [0.2, 0.25) is 10.0 Å². The number of benzene rings is 1. The van der Waals surface area contributed by atoms with Crippen molar-refractivity contribution in [3.63, 3.8) is 0 Å². The largest absolute Gasteiger partial charge is 0.388 e. The molecule has 1 fully saturated rings. The molecule has 0 aliphatic carbocycles. The van der Waals surface area contributed by atoms with Gasteiger partial charge >= 0.3 is 0 Å². The Kier molecular flexibility index (Phi) is 8.66. The lowest BCUT2D eigenvalue weighted by atomic mass is 9.89. The summed E-state index contributed by atoms with van der Waals surface area (Å²) in [6.07, 6.45) is -6.68. The monoisotopic (exact) mass is 459 g/mol. The van der Waals surface area contributed by atoms with Crippen LogP contribution in [0, 0.1) is 0 Å². The SMILES string of the molecule is COC1O[C@H](CNS(=O)(=O)c2c(C(C)C)cc(C(C)C)cc2C(C)C)C(O)[C@@H](O)[C@@H]1O. The molecule has 9 heteroatoms. The Morgan fingerprint density at radius 2 is 1.45 bits per heavy atom. The van der Waals surface area contributed by atoms with Crippen LogP contribution in [0.2, 0.25) is 0 Å². The number of rotatable bonds is 8. The van der Waals surface area contributed by atoms with Crippen LogP contribution in [0.4, 0.5) is 0 Å². The second-order valence-corrected chi connectivity index (χ2v) is 10.8. The third-order valence-corrected chi connectivity index (χ3v) is 7.28. The van der Waals surface area contributed by atoms with Crippen molar-refractivity contribution in [1.82, 2.24) is 4.72 Å². The average Bonchev–Trinajstić information content (AvgIpc) is 2.70. The van der Waals surface area contributed by atoms with Crippen molar-refractivity contribution in [2.45, 2.75) is 94.9 Å². The number of methoxy groups -OCH3 is 1. The number of aliphatic hydroxyl groups excluding tert-OH is 3. The first-order chi connectivity index (χ1) is 14.3. The minimum absolute atomic E-state index is 0.0193. The molecule has 0 aromatic heterocycles. The van der Waals surface area contributed by atoms with Gasteiger partial charge in [-0.3, -0.25) is 0 Å². The smallest absolute Gasteiger partial charge is 0.241 e. The number of aliphatic hydroxyl groups is 3. The molecule has 2 unspecified atom stereocenters. The first-order valence-electron chi connectivity index (χ1n) is 10.7. The van der Waals surface area contributed by atoms with Crippen LogP contribution < -0.4 is 4.72 Å². The highest BCUT2D eigenvalue weighted by Crippen LogP contribution is 2.35. The minimum Gasteiger partial charge on any atom is -0.388 e. The maximum Gasteiger partial charge on any atom is 0.241 e. The maximum atomic E-state index is 13.4. The van der Waals surface area contributed by atoms with Crippen molar-refractivity contribution >= 4 is 10.0 Å². The van der Waals surface area contributed by atoms with Gasteiger partial charge in [-0.05, 0) is 34.4 Å². The Morgan fingerprint density at radius 1 is 0.935 bits per heavy atom. The van der Waals surface area contributed by atoms with Gasteiger partial charge in [-0.1, -0.05) is 53.7 Å². The lowest BCUT2D eigenvalue weighted by molar-refractivity contribution is -0.287. The van der Waals surface area contributed by atoms with Gasteiger partial charge in [0, 0.05) is 13.7 Å². The summed E-state index contributed by atoms with van der Waals surface area (Å²) >= 11 is 0. The summed E-state index contributed by atoms with van der Waals surface area (Å²) in [5, 5.41) is 30.2. The number of nitrogens with one attached hydrogen (secondary N) is 1. The van der Waals surface area contributed by atoms with Crippen LogP contribution in [0.3, 0.4) is 0 Å². The van der Waals surface area contributed by atoms with Crippen LogP contribution in [0.1, 0.15) is 76.0 Å². The van der Waals surface area contributed by atoms with E-state index < -0.39 is 40.7 Å². The average molecular weight is 460 g/mol. The van der Waals surface area contributed by atoms with Gasteiger partial charge in [-0.15, -0.1) is 0 Å². The quantitative estimate of drug-likeness (QED) is 0.467. The molecule has 0 radical (unpaired) electrons. The van der Waals surface area contributed by atoms with E-state index in [1.807, 2.05) is 39.8 Å². The van der Waals surface area contributed by atoms with Crippen LogP contribution in [0.25, 0.3) is 0 Å². The molecule has 0 bridgehead atoms. The molecule has 0 saturated carbocycles. The predicted molar refractivity (Wildman–Crippen MR) is 118 cm³/mol. The molecule has 4 N–H and O–H groups in total. The fourth-order valence-electron chi connectivity index (χ4n) is 3.74. The molecule has 1 aromatic rings. The van der Waals surface area contributed by atoms with Crippen LogP contribution in [-0.4, -0.2) is 68.1 Å². The van der Waals surface area contributed by atoms with Crippen molar-refractivity contribution in [1.29, 1.82) is 0 Å². The van der Waals surface area contributed by atoms with E-state index in [1.54, 1.807) is 0 Å². The van der Waals surface area contributed by atoms with E-state index in [0.29, 0.717) is 0 Å². The van der Waals surface area contributed by atoms with Gasteiger partial charge < -0.3 is 24.8 Å². The molecule has 178 valence electrons. The van der Waals surface area contributed by atoms with Crippen LogP contribution in [0.15, 0.2) is 17.0 Å². The zero-order chi connectivity index (χ0) is 23.7.